The minimum Gasteiger partial charge on any atom is -0.462 e. The lowest BCUT2D eigenvalue weighted by atomic mass is 10.2. The molecule has 1 aromatic heterocycles. The summed E-state index contributed by atoms with van der Waals surface area (Å²) in [6, 6.07) is 7.97. The maximum Gasteiger partial charge on any atom is 0.333 e. The Morgan fingerprint density at radius 2 is 2.16 bits per heavy atom. The maximum atomic E-state index is 11.2. The first-order chi connectivity index (χ1) is 9.16. The van der Waals surface area contributed by atoms with Gasteiger partial charge in [0.1, 0.15) is 5.82 Å². The van der Waals surface area contributed by atoms with Gasteiger partial charge in [0.25, 0.3) is 0 Å². The zero-order valence-corrected chi connectivity index (χ0v) is 11.1. The molecule has 0 saturated heterocycles. The molecule has 2 aromatic rings. The van der Waals surface area contributed by atoms with Gasteiger partial charge in [0.2, 0.25) is 0 Å². The van der Waals surface area contributed by atoms with Gasteiger partial charge in [0.05, 0.1) is 17.6 Å². The number of H-pyrrole nitrogens is 1. The van der Waals surface area contributed by atoms with Gasteiger partial charge in [-0.1, -0.05) is 18.7 Å². The smallest absolute Gasteiger partial charge is 0.333 e. The van der Waals surface area contributed by atoms with Gasteiger partial charge < -0.3 is 9.72 Å². The fourth-order valence-corrected chi connectivity index (χ4v) is 1.81. The summed E-state index contributed by atoms with van der Waals surface area (Å²) in [6.45, 7) is 5.62. The van der Waals surface area contributed by atoms with Gasteiger partial charge in [-0.15, -0.1) is 0 Å². The summed E-state index contributed by atoms with van der Waals surface area (Å²) in [6.07, 6.45) is 2.62. The van der Waals surface area contributed by atoms with Crippen molar-refractivity contribution in [2.75, 3.05) is 6.61 Å². The molecule has 0 atom stereocenters. The molecule has 19 heavy (non-hydrogen) atoms. The summed E-state index contributed by atoms with van der Waals surface area (Å²) in [5.41, 5.74) is 2.50. The van der Waals surface area contributed by atoms with Gasteiger partial charge in [0, 0.05) is 12.0 Å². The lowest BCUT2D eigenvalue weighted by molar-refractivity contribution is -0.139. The first-order valence-corrected chi connectivity index (χ1v) is 6.43. The van der Waals surface area contributed by atoms with Crippen LogP contribution in [-0.2, 0) is 16.0 Å². The highest BCUT2D eigenvalue weighted by molar-refractivity contribution is 5.86. The molecule has 1 heterocycles. The minimum atomic E-state index is -0.316. The molecule has 0 spiro atoms. The second-order valence-corrected chi connectivity index (χ2v) is 4.57. The number of nitrogens with one attached hydrogen (secondary N) is 1. The third-order valence-electron chi connectivity index (χ3n) is 2.83. The van der Waals surface area contributed by atoms with E-state index in [2.05, 4.69) is 16.5 Å². The zero-order valence-electron chi connectivity index (χ0n) is 11.1. The number of hydrogen-bond acceptors (Lipinski definition) is 3. The van der Waals surface area contributed by atoms with E-state index in [1.807, 2.05) is 24.3 Å². The van der Waals surface area contributed by atoms with E-state index in [9.17, 15) is 4.79 Å². The number of carbonyl (C=O) groups excluding carboxylic acids is 1. The lowest BCUT2D eigenvalue weighted by Gasteiger charge is -2.03. The van der Waals surface area contributed by atoms with Crippen molar-refractivity contribution in [3.63, 3.8) is 0 Å². The molecular weight excluding hydrogens is 240 g/mol. The first kappa shape index (κ1) is 13.3. The van der Waals surface area contributed by atoms with Crippen molar-refractivity contribution in [2.45, 2.75) is 26.2 Å². The number of rotatable bonds is 6. The number of para-hydroxylation sites is 2. The second-order valence-electron chi connectivity index (χ2n) is 4.57. The molecule has 0 aliphatic heterocycles. The Morgan fingerprint density at radius 3 is 2.89 bits per heavy atom. The molecule has 4 nitrogen and oxygen atoms in total. The van der Waals surface area contributed by atoms with Crippen LogP contribution in [0.5, 0.6) is 0 Å². The van der Waals surface area contributed by atoms with E-state index in [1.165, 1.54) is 0 Å². The van der Waals surface area contributed by atoms with Crippen molar-refractivity contribution in [1.29, 1.82) is 0 Å². The first-order valence-electron chi connectivity index (χ1n) is 6.43. The van der Waals surface area contributed by atoms with Crippen LogP contribution >= 0.6 is 0 Å². The summed E-state index contributed by atoms with van der Waals surface area (Å²) in [4.78, 5) is 18.9. The number of ether oxygens (including phenoxy) is 1. The molecule has 0 bridgehead atoms. The van der Waals surface area contributed by atoms with Crippen molar-refractivity contribution in [2.24, 2.45) is 0 Å². The molecule has 1 aromatic carbocycles. The third kappa shape index (κ3) is 3.68. The number of nitrogens with zero attached hydrogens (tertiary/aromatic N) is 1. The Labute approximate surface area is 112 Å². The molecule has 4 heteroatoms. The molecule has 1 N–H and O–H groups in total. The second kappa shape index (κ2) is 6.18. The van der Waals surface area contributed by atoms with Crippen LogP contribution in [0.1, 0.15) is 25.6 Å². The quantitative estimate of drug-likeness (QED) is 0.492. The summed E-state index contributed by atoms with van der Waals surface area (Å²) < 4.78 is 5.03. The average Bonchev–Trinajstić information content (AvgIpc) is 2.80. The van der Waals surface area contributed by atoms with Crippen LogP contribution in [0, 0.1) is 0 Å². The van der Waals surface area contributed by atoms with Gasteiger partial charge in [-0.3, -0.25) is 0 Å². The minimum absolute atomic E-state index is 0.316. The van der Waals surface area contributed by atoms with Gasteiger partial charge in [-0.2, -0.15) is 0 Å². The normalized spacial score (nSPS) is 10.6. The number of carbonyl (C=O) groups is 1. The Kier molecular flexibility index (Phi) is 4.34. The van der Waals surface area contributed by atoms with Crippen LogP contribution in [0.2, 0.25) is 0 Å². The number of unbranched alkanes of at least 4 members (excludes halogenated alkanes) is 1. The topological polar surface area (TPSA) is 55.0 Å². The van der Waals surface area contributed by atoms with Crippen LogP contribution in [0.15, 0.2) is 36.4 Å². The molecule has 0 aliphatic carbocycles. The number of aromatic nitrogens is 2. The molecule has 100 valence electrons. The highest BCUT2D eigenvalue weighted by atomic mass is 16.5. The molecule has 0 amide bonds. The van der Waals surface area contributed by atoms with E-state index in [-0.39, 0.29) is 5.97 Å². The van der Waals surface area contributed by atoms with Crippen LogP contribution in [-0.4, -0.2) is 22.5 Å². The number of fused-ring (bicyclic) bond motifs is 1. The van der Waals surface area contributed by atoms with Crippen molar-refractivity contribution in [3.8, 4) is 0 Å². The summed E-state index contributed by atoms with van der Waals surface area (Å²) in [5, 5.41) is 0. The van der Waals surface area contributed by atoms with E-state index in [0.717, 1.165) is 36.1 Å². The summed E-state index contributed by atoms with van der Waals surface area (Å²) >= 11 is 0. The number of imidazole rings is 1. The Hall–Kier alpha value is -2.10. The number of aromatic amines is 1. The fourth-order valence-electron chi connectivity index (χ4n) is 1.81. The van der Waals surface area contributed by atoms with E-state index in [0.29, 0.717) is 12.2 Å². The van der Waals surface area contributed by atoms with Gasteiger partial charge >= 0.3 is 5.97 Å². The van der Waals surface area contributed by atoms with Crippen LogP contribution < -0.4 is 0 Å². The average molecular weight is 258 g/mol. The third-order valence-corrected chi connectivity index (χ3v) is 2.83. The van der Waals surface area contributed by atoms with Crippen molar-refractivity contribution >= 4 is 17.0 Å². The number of benzene rings is 1. The molecule has 0 fully saturated rings. The number of esters is 1. The fraction of sp³-hybridized carbons (Fsp3) is 0.333. The summed E-state index contributed by atoms with van der Waals surface area (Å²) in [7, 11) is 0. The van der Waals surface area contributed by atoms with Crippen LogP contribution in [0.3, 0.4) is 0 Å². The van der Waals surface area contributed by atoms with Crippen LogP contribution in [0.25, 0.3) is 11.0 Å². The largest absolute Gasteiger partial charge is 0.462 e. The van der Waals surface area contributed by atoms with E-state index in [4.69, 9.17) is 4.74 Å². The zero-order chi connectivity index (χ0) is 13.7. The maximum absolute atomic E-state index is 11.2. The number of aryl methyl sites for hydroxylation is 1. The predicted octanol–water partition coefficient (Wildman–Crippen LogP) is 3.00. The molecule has 0 saturated carbocycles. The molecular formula is C15H18N2O2. The Bertz CT molecular complexity index is 554. The molecule has 0 aliphatic rings. The molecule has 0 radical (unpaired) electrons. The number of hydrogen-bond donors (Lipinski definition) is 1. The standard InChI is InChI=1S/C15H18N2O2/c1-11(2)15(18)19-10-6-5-9-14-16-12-7-3-4-8-13(12)17-14/h3-4,7-8H,1,5-6,9-10H2,2H3,(H,16,17). The van der Waals surface area contributed by atoms with Gasteiger partial charge in [0.15, 0.2) is 0 Å². The van der Waals surface area contributed by atoms with E-state index in [1.54, 1.807) is 6.92 Å². The summed E-state index contributed by atoms with van der Waals surface area (Å²) in [5.74, 6) is 0.663. The Morgan fingerprint density at radius 1 is 1.37 bits per heavy atom. The predicted molar refractivity (Wildman–Crippen MR) is 74.8 cm³/mol. The molecule has 2 rings (SSSR count). The van der Waals surface area contributed by atoms with E-state index >= 15 is 0 Å². The van der Waals surface area contributed by atoms with Crippen LogP contribution in [0.4, 0.5) is 0 Å². The molecule has 0 unspecified atom stereocenters. The lowest BCUT2D eigenvalue weighted by Crippen LogP contribution is -2.06. The van der Waals surface area contributed by atoms with Crippen molar-refractivity contribution in [1.82, 2.24) is 9.97 Å². The van der Waals surface area contributed by atoms with Crippen molar-refractivity contribution in [3.05, 3.63) is 42.2 Å². The van der Waals surface area contributed by atoms with Gasteiger partial charge in [-0.25, -0.2) is 9.78 Å². The Balaban J connectivity index is 1.74. The van der Waals surface area contributed by atoms with E-state index < -0.39 is 0 Å². The van der Waals surface area contributed by atoms with Gasteiger partial charge in [-0.05, 0) is 31.9 Å². The van der Waals surface area contributed by atoms with Crippen molar-refractivity contribution < 1.29 is 9.53 Å². The highest BCUT2D eigenvalue weighted by Crippen LogP contribution is 2.11. The SMILES string of the molecule is C=C(C)C(=O)OCCCCc1nc2ccccc2[nH]1. The monoisotopic (exact) mass is 258 g/mol. The highest BCUT2D eigenvalue weighted by Gasteiger charge is 2.04.